The van der Waals surface area contributed by atoms with Crippen LogP contribution in [0.2, 0.25) is 0 Å². The van der Waals surface area contributed by atoms with Crippen LogP contribution in [0.5, 0.6) is 0 Å². The molecule has 1 unspecified atom stereocenters. The molecule has 1 aliphatic rings. The Labute approximate surface area is 140 Å². The van der Waals surface area contributed by atoms with E-state index in [0.717, 1.165) is 29.8 Å². The number of anilines is 2. The molecule has 5 heteroatoms. The molecule has 3 rings (SSSR count). The summed E-state index contributed by atoms with van der Waals surface area (Å²) in [5.74, 6) is 1.23. The van der Waals surface area contributed by atoms with Gasteiger partial charge in [0.1, 0.15) is 0 Å². The van der Waals surface area contributed by atoms with Crippen molar-refractivity contribution in [1.29, 1.82) is 0 Å². The molecule has 1 heterocycles. The van der Waals surface area contributed by atoms with E-state index in [-0.39, 0.29) is 0 Å². The first kappa shape index (κ1) is 16.1. The molecule has 0 spiro atoms. The first-order valence-corrected chi connectivity index (χ1v) is 9.62. The number of hydrogen-bond acceptors (Lipinski definition) is 4. The van der Waals surface area contributed by atoms with Crippen LogP contribution in [0, 0.1) is 6.92 Å². The molecule has 1 aliphatic carbocycles. The zero-order valence-electron chi connectivity index (χ0n) is 13.5. The van der Waals surface area contributed by atoms with E-state index in [1.54, 1.807) is 6.20 Å². The van der Waals surface area contributed by atoms with Crippen molar-refractivity contribution >= 4 is 22.4 Å². The fraction of sp³-hybridized carbons (Fsp3) is 0.444. The van der Waals surface area contributed by atoms with Crippen LogP contribution in [0.15, 0.2) is 36.5 Å². The summed E-state index contributed by atoms with van der Waals surface area (Å²) in [6.45, 7) is 1.94. The predicted molar refractivity (Wildman–Crippen MR) is 95.2 cm³/mol. The number of nitrogens with one attached hydrogen (secondary N) is 1. The van der Waals surface area contributed by atoms with Gasteiger partial charge in [0.15, 0.2) is 0 Å². The minimum absolute atomic E-state index is 0.375. The number of benzene rings is 1. The van der Waals surface area contributed by atoms with Crippen LogP contribution in [0.25, 0.3) is 0 Å². The van der Waals surface area contributed by atoms with Crippen LogP contribution in [-0.4, -0.2) is 19.4 Å². The first-order chi connectivity index (χ1) is 11.2. The predicted octanol–water partition coefficient (Wildman–Crippen LogP) is 4.11. The molecule has 1 aromatic carbocycles. The van der Waals surface area contributed by atoms with Gasteiger partial charge >= 0.3 is 0 Å². The largest absolute Gasteiger partial charge is 0.324 e. The second-order valence-corrected chi connectivity index (χ2v) is 7.85. The highest BCUT2D eigenvalue weighted by atomic mass is 32.2. The van der Waals surface area contributed by atoms with Gasteiger partial charge in [-0.15, -0.1) is 0 Å². The minimum Gasteiger partial charge on any atom is -0.324 e. The lowest BCUT2D eigenvalue weighted by atomic mass is 10.0. The molecule has 1 aromatic heterocycles. The van der Waals surface area contributed by atoms with Crippen LogP contribution >= 0.6 is 0 Å². The van der Waals surface area contributed by atoms with Gasteiger partial charge in [0.05, 0.1) is 0 Å². The maximum absolute atomic E-state index is 12.5. The van der Waals surface area contributed by atoms with Crippen molar-refractivity contribution in [2.24, 2.45) is 0 Å². The molecule has 122 valence electrons. The highest BCUT2D eigenvalue weighted by Crippen LogP contribution is 2.24. The van der Waals surface area contributed by atoms with E-state index in [1.807, 2.05) is 37.3 Å². The van der Waals surface area contributed by atoms with Crippen LogP contribution in [0.3, 0.4) is 0 Å². The Balaban J connectivity index is 1.66. The van der Waals surface area contributed by atoms with Crippen molar-refractivity contribution in [2.75, 3.05) is 5.32 Å². The Kier molecular flexibility index (Phi) is 5.39. The lowest BCUT2D eigenvalue weighted by Crippen LogP contribution is -2.19. The molecule has 0 saturated heterocycles. The molecular weight excluding hydrogens is 306 g/mol. The SMILES string of the molecule is Cc1ccnc(Nc2cccc(CS(=O)C3CCCCC3)c2)n1. The normalized spacial score (nSPS) is 16.9. The topological polar surface area (TPSA) is 54.9 Å². The molecule has 23 heavy (non-hydrogen) atoms. The average molecular weight is 329 g/mol. The molecule has 0 amide bonds. The highest BCUT2D eigenvalue weighted by molar-refractivity contribution is 7.84. The lowest BCUT2D eigenvalue weighted by molar-refractivity contribution is 0.504. The summed E-state index contributed by atoms with van der Waals surface area (Å²) < 4.78 is 12.5. The third-order valence-electron chi connectivity index (χ3n) is 4.21. The van der Waals surface area contributed by atoms with Gasteiger partial charge in [-0.2, -0.15) is 0 Å². The minimum atomic E-state index is -0.775. The van der Waals surface area contributed by atoms with Gasteiger partial charge in [-0.05, 0) is 43.5 Å². The Morgan fingerprint density at radius 2 is 2.04 bits per heavy atom. The second-order valence-electron chi connectivity index (χ2n) is 6.13. The van der Waals surface area contributed by atoms with Gasteiger partial charge in [-0.3, -0.25) is 4.21 Å². The van der Waals surface area contributed by atoms with Gasteiger partial charge in [0.25, 0.3) is 0 Å². The molecule has 2 aromatic rings. The van der Waals surface area contributed by atoms with E-state index in [2.05, 4.69) is 15.3 Å². The van der Waals surface area contributed by atoms with E-state index in [1.165, 1.54) is 19.3 Å². The highest BCUT2D eigenvalue weighted by Gasteiger charge is 2.19. The van der Waals surface area contributed by atoms with Crippen LogP contribution in [0.4, 0.5) is 11.6 Å². The van der Waals surface area contributed by atoms with E-state index >= 15 is 0 Å². The fourth-order valence-corrected chi connectivity index (χ4v) is 4.59. The van der Waals surface area contributed by atoms with Crippen molar-refractivity contribution in [3.05, 3.63) is 47.8 Å². The fourth-order valence-electron chi connectivity index (χ4n) is 2.99. The molecule has 1 saturated carbocycles. The Morgan fingerprint density at radius 1 is 1.22 bits per heavy atom. The standard InChI is InChI=1S/C18H23N3OS/c1-14-10-11-19-18(20-14)21-16-7-5-6-15(12-16)13-23(22)17-8-3-2-4-9-17/h5-7,10-12,17H,2-4,8-9,13H2,1H3,(H,19,20,21). The summed E-state index contributed by atoms with van der Waals surface area (Å²) in [4.78, 5) is 8.57. The molecule has 1 fully saturated rings. The van der Waals surface area contributed by atoms with E-state index in [9.17, 15) is 4.21 Å². The summed E-state index contributed by atoms with van der Waals surface area (Å²) in [6.07, 6.45) is 7.71. The van der Waals surface area contributed by atoms with Gasteiger partial charge < -0.3 is 5.32 Å². The summed E-state index contributed by atoms with van der Waals surface area (Å²) >= 11 is 0. The van der Waals surface area contributed by atoms with Gasteiger partial charge in [-0.25, -0.2) is 9.97 Å². The Morgan fingerprint density at radius 3 is 2.83 bits per heavy atom. The quantitative estimate of drug-likeness (QED) is 0.897. The van der Waals surface area contributed by atoms with Crippen LogP contribution in [-0.2, 0) is 16.6 Å². The van der Waals surface area contributed by atoms with Crippen LogP contribution < -0.4 is 5.32 Å². The van der Waals surface area contributed by atoms with Gasteiger partial charge in [-0.1, -0.05) is 31.4 Å². The second kappa shape index (κ2) is 7.68. The average Bonchev–Trinajstić information content (AvgIpc) is 2.56. The number of hydrogen-bond donors (Lipinski definition) is 1. The monoisotopic (exact) mass is 329 g/mol. The van der Waals surface area contributed by atoms with Crippen molar-refractivity contribution in [3.63, 3.8) is 0 Å². The van der Waals surface area contributed by atoms with E-state index < -0.39 is 10.8 Å². The zero-order valence-corrected chi connectivity index (χ0v) is 14.3. The lowest BCUT2D eigenvalue weighted by Gasteiger charge is -2.21. The summed E-state index contributed by atoms with van der Waals surface area (Å²) in [6, 6.07) is 9.94. The summed E-state index contributed by atoms with van der Waals surface area (Å²) in [5.41, 5.74) is 2.97. The number of rotatable bonds is 5. The van der Waals surface area contributed by atoms with Crippen molar-refractivity contribution in [1.82, 2.24) is 9.97 Å². The molecular formula is C18H23N3OS. The molecule has 0 radical (unpaired) electrons. The van der Waals surface area contributed by atoms with Crippen molar-refractivity contribution < 1.29 is 4.21 Å². The van der Waals surface area contributed by atoms with E-state index in [4.69, 9.17) is 0 Å². The maximum atomic E-state index is 12.5. The molecule has 4 nitrogen and oxygen atoms in total. The van der Waals surface area contributed by atoms with Gasteiger partial charge in [0.2, 0.25) is 5.95 Å². The third kappa shape index (κ3) is 4.61. The third-order valence-corrected chi connectivity index (χ3v) is 6.04. The summed E-state index contributed by atoms with van der Waals surface area (Å²) in [7, 11) is -0.775. The zero-order chi connectivity index (χ0) is 16.1. The number of nitrogens with zero attached hydrogens (tertiary/aromatic N) is 2. The smallest absolute Gasteiger partial charge is 0.227 e. The van der Waals surface area contributed by atoms with Crippen LogP contribution in [0.1, 0.15) is 43.4 Å². The first-order valence-electron chi connectivity index (χ1n) is 8.23. The molecule has 1 atom stereocenters. The van der Waals surface area contributed by atoms with Gasteiger partial charge in [0, 0.05) is 39.4 Å². The number of aromatic nitrogens is 2. The van der Waals surface area contributed by atoms with Crippen molar-refractivity contribution in [3.8, 4) is 0 Å². The Hall–Kier alpha value is -1.75. The van der Waals surface area contributed by atoms with Crippen molar-refractivity contribution in [2.45, 2.75) is 50.0 Å². The number of aryl methyl sites for hydroxylation is 1. The van der Waals surface area contributed by atoms with E-state index in [0.29, 0.717) is 17.0 Å². The molecule has 0 aliphatic heterocycles. The molecule has 0 bridgehead atoms. The molecule has 1 N–H and O–H groups in total. The maximum Gasteiger partial charge on any atom is 0.227 e. The Bertz CT molecular complexity index is 683. The summed E-state index contributed by atoms with van der Waals surface area (Å²) in [5, 5.41) is 3.59.